The van der Waals surface area contributed by atoms with Crippen molar-refractivity contribution in [3.8, 4) is 0 Å². The summed E-state index contributed by atoms with van der Waals surface area (Å²) in [6, 6.07) is 3.89. The van der Waals surface area contributed by atoms with Crippen LogP contribution in [0.15, 0.2) is 22.8 Å². The smallest absolute Gasteiger partial charge is 0.0799 e. The van der Waals surface area contributed by atoms with E-state index in [0.717, 1.165) is 15.4 Å². The summed E-state index contributed by atoms with van der Waals surface area (Å²) < 4.78 is 0.828. The fraction of sp³-hybridized carbons (Fsp3) is 0. The van der Waals surface area contributed by atoms with Crippen LogP contribution >= 0.6 is 27.5 Å². The van der Waals surface area contributed by atoms with Crippen molar-refractivity contribution >= 4 is 44.1 Å². The highest BCUT2D eigenvalue weighted by Crippen LogP contribution is 2.34. The van der Waals surface area contributed by atoms with E-state index in [9.17, 15) is 0 Å². The molecule has 2 rings (SSSR count). The van der Waals surface area contributed by atoms with Crippen LogP contribution in [0.5, 0.6) is 0 Å². The fourth-order valence-corrected chi connectivity index (χ4v) is 1.78. The van der Waals surface area contributed by atoms with Crippen molar-refractivity contribution in [2.24, 2.45) is 0 Å². The van der Waals surface area contributed by atoms with E-state index in [4.69, 9.17) is 17.3 Å². The third-order valence-electron chi connectivity index (χ3n) is 1.78. The Morgan fingerprint density at radius 2 is 2.25 bits per heavy atom. The Hall–Kier alpha value is -0.670. The normalized spacial score (nSPS) is 10.8. The van der Waals surface area contributed by atoms with Gasteiger partial charge in [-0.05, 0) is 28.1 Å². The molecule has 1 aromatic carbocycles. The minimum Gasteiger partial charge on any atom is -0.396 e. The molecule has 3 N–H and O–H groups in total. The molecule has 0 amide bonds. The van der Waals surface area contributed by atoms with Crippen molar-refractivity contribution in [3.05, 3.63) is 27.8 Å². The van der Waals surface area contributed by atoms with Gasteiger partial charge in [-0.2, -0.15) is 0 Å². The molecule has 2 aromatic rings. The zero-order valence-corrected chi connectivity index (χ0v) is 8.41. The average molecular weight is 246 g/mol. The predicted octanol–water partition coefficient (Wildman–Crippen LogP) is 3.17. The molecule has 0 unspecified atom stereocenters. The number of nitrogens with one attached hydrogen (secondary N) is 1. The summed E-state index contributed by atoms with van der Waals surface area (Å²) in [6.07, 6.45) is 1.84. The molecule has 1 aromatic heterocycles. The van der Waals surface area contributed by atoms with E-state index in [0.29, 0.717) is 10.7 Å². The van der Waals surface area contributed by atoms with E-state index in [-0.39, 0.29) is 0 Å². The molecule has 0 atom stereocenters. The SMILES string of the molecule is Nc1c(Cl)c(Br)cc2cc[nH]c12. The van der Waals surface area contributed by atoms with Gasteiger partial charge in [0.1, 0.15) is 0 Å². The number of nitrogens with two attached hydrogens (primary N) is 1. The van der Waals surface area contributed by atoms with Gasteiger partial charge in [0.2, 0.25) is 0 Å². The number of halogens is 2. The second-order valence-electron chi connectivity index (χ2n) is 2.53. The van der Waals surface area contributed by atoms with Crippen LogP contribution < -0.4 is 5.73 Å². The van der Waals surface area contributed by atoms with Crippen molar-refractivity contribution < 1.29 is 0 Å². The predicted molar refractivity (Wildman–Crippen MR) is 55.4 cm³/mol. The van der Waals surface area contributed by atoms with Crippen molar-refractivity contribution in [1.29, 1.82) is 0 Å². The van der Waals surface area contributed by atoms with Crippen LogP contribution in [0.1, 0.15) is 0 Å². The lowest BCUT2D eigenvalue weighted by atomic mass is 10.2. The second kappa shape index (κ2) is 2.68. The first-order chi connectivity index (χ1) is 5.70. The molecule has 0 saturated carbocycles. The lowest BCUT2D eigenvalue weighted by Crippen LogP contribution is -1.88. The van der Waals surface area contributed by atoms with Crippen LogP contribution in [0.25, 0.3) is 10.9 Å². The van der Waals surface area contributed by atoms with Crippen LogP contribution in [-0.4, -0.2) is 4.98 Å². The van der Waals surface area contributed by atoms with Crippen molar-refractivity contribution in [1.82, 2.24) is 4.98 Å². The summed E-state index contributed by atoms with van der Waals surface area (Å²) in [5, 5.41) is 1.62. The molecule has 0 bridgehead atoms. The summed E-state index contributed by atoms with van der Waals surface area (Å²) in [7, 11) is 0. The maximum atomic E-state index is 5.92. The van der Waals surface area contributed by atoms with Gasteiger partial charge in [0.05, 0.1) is 16.2 Å². The van der Waals surface area contributed by atoms with Gasteiger partial charge in [0.15, 0.2) is 0 Å². The topological polar surface area (TPSA) is 41.8 Å². The Labute approximate surface area is 82.8 Å². The van der Waals surface area contributed by atoms with Crippen LogP contribution in [0.3, 0.4) is 0 Å². The number of aromatic nitrogens is 1. The van der Waals surface area contributed by atoms with Gasteiger partial charge in [0.25, 0.3) is 0 Å². The molecular formula is C8H6BrClN2. The molecule has 0 aliphatic rings. The van der Waals surface area contributed by atoms with Crippen molar-refractivity contribution in [2.75, 3.05) is 5.73 Å². The summed E-state index contributed by atoms with van der Waals surface area (Å²) in [5.74, 6) is 0. The monoisotopic (exact) mass is 244 g/mol. The van der Waals surface area contributed by atoms with Gasteiger partial charge >= 0.3 is 0 Å². The van der Waals surface area contributed by atoms with Crippen molar-refractivity contribution in [3.63, 3.8) is 0 Å². The number of hydrogen-bond acceptors (Lipinski definition) is 1. The quantitative estimate of drug-likeness (QED) is 0.688. The minimum absolute atomic E-state index is 0.560. The Balaban J connectivity index is 2.94. The van der Waals surface area contributed by atoms with Crippen LogP contribution in [0.2, 0.25) is 5.02 Å². The third-order valence-corrected chi connectivity index (χ3v) is 3.04. The maximum absolute atomic E-state index is 5.92. The van der Waals surface area contributed by atoms with Gasteiger partial charge < -0.3 is 10.7 Å². The van der Waals surface area contributed by atoms with E-state index >= 15 is 0 Å². The van der Waals surface area contributed by atoms with Crippen molar-refractivity contribution in [2.45, 2.75) is 0 Å². The summed E-state index contributed by atoms with van der Waals surface area (Å²) in [6.45, 7) is 0. The molecule has 0 spiro atoms. The molecular weight excluding hydrogens is 239 g/mol. The van der Waals surface area contributed by atoms with Gasteiger partial charge in [-0.25, -0.2) is 0 Å². The fourth-order valence-electron chi connectivity index (χ4n) is 1.17. The molecule has 1 heterocycles. The molecule has 2 nitrogen and oxygen atoms in total. The van der Waals surface area contributed by atoms with Gasteiger partial charge in [0, 0.05) is 16.1 Å². The van der Waals surface area contributed by atoms with E-state index < -0.39 is 0 Å². The molecule has 0 aliphatic heterocycles. The highest BCUT2D eigenvalue weighted by molar-refractivity contribution is 9.10. The minimum atomic E-state index is 0.560. The summed E-state index contributed by atoms with van der Waals surface area (Å²) in [4.78, 5) is 3.03. The maximum Gasteiger partial charge on any atom is 0.0799 e. The molecule has 0 saturated heterocycles. The van der Waals surface area contributed by atoms with E-state index in [1.165, 1.54) is 0 Å². The first-order valence-corrected chi connectivity index (χ1v) is 4.58. The number of fused-ring (bicyclic) bond motifs is 1. The number of benzene rings is 1. The Morgan fingerprint density at radius 3 is 3.00 bits per heavy atom. The summed E-state index contributed by atoms with van der Waals surface area (Å²) >= 11 is 9.25. The third kappa shape index (κ3) is 1.01. The van der Waals surface area contributed by atoms with E-state index in [2.05, 4.69) is 20.9 Å². The van der Waals surface area contributed by atoms with Crippen LogP contribution in [-0.2, 0) is 0 Å². The standard InChI is InChI=1S/C8H6BrClN2/c9-5-3-4-1-2-12-8(4)7(11)6(5)10/h1-3,12H,11H2. The number of hydrogen-bond donors (Lipinski definition) is 2. The number of aromatic amines is 1. The highest BCUT2D eigenvalue weighted by atomic mass is 79.9. The molecule has 62 valence electrons. The van der Waals surface area contributed by atoms with Crippen LogP contribution in [0, 0.1) is 0 Å². The number of anilines is 1. The second-order valence-corrected chi connectivity index (χ2v) is 3.76. The van der Waals surface area contributed by atoms with E-state index in [1.54, 1.807) is 0 Å². The molecule has 4 heteroatoms. The summed E-state index contributed by atoms with van der Waals surface area (Å²) in [5.41, 5.74) is 7.25. The highest BCUT2D eigenvalue weighted by Gasteiger charge is 2.07. The largest absolute Gasteiger partial charge is 0.396 e. The molecule has 0 fully saturated rings. The van der Waals surface area contributed by atoms with E-state index in [1.807, 2.05) is 18.3 Å². The molecule has 0 radical (unpaired) electrons. The molecule has 12 heavy (non-hydrogen) atoms. The molecule has 0 aliphatic carbocycles. The number of nitrogen functional groups attached to an aromatic ring is 1. The number of H-pyrrole nitrogens is 1. The Morgan fingerprint density at radius 1 is 1.50 bits per heavy atom. The first-order valence-electron chi connectivity index (χ1n) is 3.40. The zero-order chi connectivity index (χ0) is 8.72. The lowest BCUT2D eigenvalue weighted by Gasteiger charge is -2.01. The van der Waals surface area contributed by atoms with Gasteiger partial charge in [-0.15, -0.1) is 0 Å². The Bertz CT molecular complexity index is 436. The first kappa shape index (κ1) is 7.95. The lowest BCUT2D eigenvalue weighted by molar-refractivity contribution is 1.47. The van der Waals surface area contributed by atoms with Gasteiger partial charge in [-0.1, -0.05) is 11.6 Å². The van der Waals surface area contributed by atoms with Crippen LogP contribution in [0.4, 0.5) is 5.69 Å². The number of rotatable bonds is 0. The zero-order valence-electron chi connectivity index (χ0n) is 6.07. The average Bonchev–Trinajstić information content (AvgIpc) is 2.48. The Kier molecular flexibility index (Phi) is 1.77. The van der Waals surface area contributed by atoms with Gasteiger partial charge in [-0.3, -0.25) is 0 Å².